The molecule has 7 heteroatoms. The van der Waals surface area contributed by atoms with Crippen LogP contribution in [0, 0.1) is 0 Å². The first-order valence-corrected chi connectivity index (χ1v) is 9.26. The second-order valence-electron chi connectivity index (χ2n) is 7.27. The number of likely N-dealkylation sites (tertiary alicyclic amines) is 1. The van der Waals surface area contributed by atoms with Crippen molar-refractivity contribution < 1.29 is 4.79 Å². The third-order valence-corrected chi connectivity index (χ3v) is 5.21. The summed E-state index contributed by atoms with van der Waals surface area (Å²) in [6.07, 6.45) is 3.85. The number of nitrogens with one attached hydrogen (secondary N) is 1. The number of hydrogen-bond donors (Lipinski definition) is 1. The number of fused-ring (bicyclic) bond motifs is 1. The van der Waals surface area contributed by atoms with Gasteiger partial charge in [-0.1, -0.05) is 20.8 Å². The number of carbonyl (C=O) groups is 1. The first kappa shape index (κ1) is 17.1. The predicted molar refractivity (Wildman–Crippen MR) is 96.0 cm³/mol. The van der Waals surface area contributed by atoms with Crippen LogP contribution in [0.2, 0.25) is 0 Å². The fourth-order valence-electron chi connectivity index (χ4n) is 2.99. The van der Waals surface area contributed by atoms with Crippen LogP contribution in [0.1, 0.15) is 49.7 Å². The Morgan fingerprint density at radius 3 is 2.71 bits per heavy atom. The van der Waals surface area contributed by atoms with Crippen molar-refractivity contribution in [1.82, 2.24) is 19.6 Å². The van der Waals surface area contributed by atoms with E-state index in [1.807, 2.05) is 26.2 Å². The standard InChI is InChI=1S/C17H24N4O2S/c1-17(2,3)13-11-24-16-19-10-12(15(23)21(13)16)14(22)18-6-9-20-7-4-5-8-20/h10-11H,4-9H2,1-3H3,(H,18,22). The zero-order valence-electron chi connectivity index (χ0n) is 14.5. The van der Waals surface area contributed by atoms with Crippen molar-refractivity contribution in [2.45, 2.75) is 39.0 Å². The molecule has 24 heavy (non-hydrogen) atoms. The van der Waals surface area contributed by atoms with E-state index in [4.69, 9.17) is 0 Å². The maximum absolute atomic E-state index is 12.8. The third-order valence-electron chi connectivity index (χ3n) is 4.37. The second-order valence-corrected chi connectivity index (χ2v) is 8.11. The number of hydrogen-bond acceptors (Lipinski definition) is 5. The Balaban J connectivity index is 1.80. The second kappa shape index (κ2) is 6.64. The summed E-state index contributed by atoms with van der Waals surface area (Å²) in [7, 11) is 0. The molecule has 0 saturated carbocycles. The number of carbonyl (C=O) groups excluding carboxylic acids is 1. The maximum atomic E-state index is 12.8. The van der Waals surface area contributed by atoms with Gasteiger partial charge in [0, 0.05) is 35.8 Å². The van der Waals surface area contributed by atoms with Crippen LogP contribution in [-0.2, 0) is 5.41 Å². The van der Waals surface area contributed by atoms with E-state index in [0.717, 1.165) is 25.3 Å². The molecule has 0 bridgehead atoms. The summed E-state index contributed by atoms with van der Waals surface area (Å²) >= 11 is 1.42. The van der Waals surface area contributed by atoms with E-state index in [9.17, 15) is 9.59 Å². The molecule has 2 aromatic rings. The van der Waals surface area contributed by atoms with Gasteiger partial charge in [0.25, 0.3) is 11.5 Å². The molecule has 3 heterocycles. The molecule has 0 aliphatic carbocycles. The van der Waals surface area contributed by atoms with Crippen molar-refractivity contribution in [1.29, 1.82) is 0 Å². The van der Waals surface area contributed by atoms with Crippen LogP contribution in [0.3, 0.4) is 0 Å². The van der Waals surface area contributed by atoms with E-state index in [1.165, 1.54) is 30.4 Å². The molecule has 1 aliphatic heterocycles. The zero-order chi connectivity index (χ0) is 17.3. The molecule has 1 saturated heterocycles. The van der Waals surface area contributed by atoms with E-state index >= 15 is 0 Å². The molecule has 1 N–H and O–H groups in total. The van der Waals surface area contributed by atoms with E-state index in [1.54, 1.807) is 4.40 Å². The van der Waals surface area contributed by atoms with Gasteiger partial charge in [-0.2, -0.15) is 0 Å². The largest absolute Gasteiger partial charge is 0.351 e. The highest BCUT2D eigenvalue weighted by Crippen LogP contribution is 2.25. The summed E-state index contributed by atoms with van der Waals surface area (Å²) in [4.78, 5) is 32.4. The lowest BCUT2D eigenvalue weighted by atomic mass is 9.93. The summed E-state index contributed by atoms with van der Waals surface area (Å²) in [5.74, 6) is -0.341. The summed E-state index contributed by atoms with van der Waals surface area (Å²) < 4.78 is 1.57. The molecule has 3 rings (SSSR count). The van der Waals surface area contributed by atoms with Crippen molar-refractivity contribution in [3.05, 3.63) is 33.2 Å². The molecule has 2 aromatic heterocycles. The van der Waals surface area contributed by atoms with Gasteiger partial charge in [0.15, 0.2) is 4.96 Å². The van der Waals surface area contributed by atoms with Crippen LogP contribution >= 0.6 is 11.3 Å². The highest BCUT2D eigenvalue weighted by molar-refractivity contribution is 7.15. The van der Waals surface area contributed by atoms with Crippen LogP contribution in [0.15, 0.2) is 16.4 Å². The van der Waals surface area contributed by atoms with Crippen LogP contribution in [0.25, 0.3) is 4.96 Å². The molecule has 1 aliphatic rings. The molecule has 6 nitrogen and oxygen atoms in total. The van der Waals surface area contributed by atoms with Crippen LogP contribution in [-0.4, -0.2) is 46.4 Å². The Labute approximate surface area is 145 Å². The normalized spacial score (nSPS) is 16.0. The number of nitrogens with zero attached hydrogens (tertiary/aromatic N) is 3. The van der Waals surface area contributed by atoms with Crippen molar-refractivity contribution in [3.63, 3.8) is 0 Å². The first-order chi connectivity index (χ1) is 11.4. The number of amides is 1. The van der Waals surface area contributed by atoms with Gasteiger partial charge in [0.2, 0.25) is 0 Å². The highest BCUT2D eigenvalue weighted by Gasteiger charge is 2.23. The van der Waals surface area contributed by atoms with Crippen molar-refractivity contribution in [2.75, 3.05) is 26.2 Å². The van der Waals surface area contributed by atoms with Gasteiger partial charge in [-0.05, 0) is 25.9 Å². The fraction of sp³-hybridized carbons (Fsp3) is 0.588. The van der Waals surface area contributed by atoms with E-state index in [-0.39, 0.29) is 22.4 Å². The van der Waals surface area contributed by atoms with E-state index < -0.39 is 0 Å². The van der Waals surface area contributed by atoms with E-state index in [2.05, 4.69) is 15.2 Å². The smallest absolute Gasteiger partial charge is 0.271 e. The quantitative estimate of drug-likeness (QED) is 0.916. The highest BCUT2D eigenvalue weighted by atomic mass is 32.1. The first-order valence-electron chi connectivity index (χ1n) is 8.38. The fourth-order valence-corrected chi connectivity index (χ4v) is 4.07. The van der Waals surface area contributed by atoms with Crippen molar-refractivity contribution in [2.24, 2.45) is 0 Å². The maximum Gasteiger partial charge on any atom is 0.271 e. The van der Waals surface area contributed by atoms with Crippen LogP contribution < -0.4 is 10.9 Å². The minimum Gasteiger partial charge on any atom is -0.351 e. The molecule has 1 fully saturated rings. The monoisotopic (exact) mass is 348 g/mol. The minimum absolute atomic E-state index is 0.109. The summed E-state index contributed by atoms with van der Waals surface area (Å²) in [6, 6.07) is 0. The van der Waals surface area contributed by atoms with Crippen LogP contribution in [0.5, 0.6) is 0 Å². The number of aromatic nitrogens is 2. The zero-order valence-corrected chi connectivity index (χ0v) is 15.3. The average Bonchev–Trinajstić information content (AvgIpc) is 3.15. The Morgan fingerprint density at radius 2 is 2.04 bits per heavy atom. The lowest BCUT2D eigenvalue weighted by Gasteiger charge is -2.17. The Hall–Kier alpha value is -1.73. The third kappa shape index (κ3) is 3.37. The summed E-state index contributed by atoms with van der Waals surface area (Å²) in [5, 5.41) is 4.79. The molecule has 0 radical (unpaired) electrons. The SMILES string of the molecule is CC(C)(C)c1csc2ncc(C(=O)NCCN3CCCC3)c(=O)n12. The predicted octanol–water partition coefficient (Wildman–Crippen LogP) is 1.88. The molecule has 0 aromatic carbocycles. The Kier molecular flexibility index (Phi) is 4.73. The average molecular weight is 348 g/mol. The molecule has 130 valence electrons. The minimum atomic E-state index is -0.341. The van der Waals surface area contributed by atoms with Gasteiger partial charge in [-0.15, -0.1) is 11.3 Å². The van der Waals surface area contributed by atoms with Gasteiger partial charge >= 0.3 is 0 Å². The number of rotatable bonds is 4. The molecule has 0 unspecified atom stereocenters. The number of thiazole rings is 1. The van der Waals surface area contributed by atoms with Crippen LogP contribution in [0.4, 0.5) is 0 Å². The topological polar surface area (TPSA) is 66.7 Å². The Morgan fingerprint density at radius 1 is 1.33 bits per heavy atom. The van der Waals surface area contributed by atoms with E-state index in [0.29, 0.717) is 11.5 Å². The van der Waals surface area contributed by atoms with Gasteiger partial charge in [0.1, 0.15) is 5.56 Å². The summed E-state index contributed by atoms with van der Waals surface area (Å²) in [5.41, 5.74) is 0.517. The lowest BCUT2D eigenvalue weighted by Crippen LogP contribution is -2.37. The van der Waals surface area contributed by atoms with Gasteiger partial charge in [0.05, 0.1) is 0 Å². The molecule has 0 atom stereocenters. The lowest BCUT2D eigenvalue weighted by molar-refractivity contribution is 0.0947. The van der Waals surface area contributed by atoms with Gasteiger partial charge in [-0.25, -0.2) is 4.98 Å². The molecule has 1 amide bonds. The van der Waals surface area contributed by atoms with Crippen molar-refractivity contribution in [3.8, 4) is 0 Å². The molecule has 0 spiro atoms. The molecular formula is C17H24N4O2S. The van der Waals surface area contributed by atoms with Gasteiger partial charge in [-0.3, -0.25) is 14.0 Å². The summed E-state index contributed by atoms with van der Waals surface area (Å²) in [6.45, 7) is 9.70. The Bertz CT molecular complexity index is 797. The van der Waals surface area contributed by atoms with Crippen molar-refractivity contribution >= 4 is 22.2 Å². The molecular weight excluding hydrogens is 324 g/mol. The van der Waals surface area contributed by atoms with Gasteiger partial charge < -0.3 is 10.2 Å².